The number of rotatable bonds is 5. The van der Waals surface area contributed by atoms with Crippen molar-refractivity contribution in [2.45, 2.75) is 12.0 Å². The topological polar surface area (TPSA) is 53.0 Å². The molecule has 1 aromatic carbocycles. The number of aliphatic hydroxyl groups excluding tert-OH is 1. The number of halogens is 1. The molecule has 1 aliphatic heterocycles. The van der Waals surface area contributed by atoms with Crippen LogP contribution in [0.15, 0.2) is 24.3 Å². The molecule has 0 bridgehead atoms. The highest BCUT2D eigenvalue weighted by Gasteiger charge is 2.38. The Balaban J connectivity index is 2.08. The third-order valence-electron chi connectivity index (χ3n) is 3.78. The number of aliphatic hydroxyl groups is 1. The van der Waals surface area contributed by atoms with Crippen molar-refractivity contribution in [2.75, 3.05) is 46.9 Å². The minimum atomic E-state index is -0.821. The molecular formula is C16H23FN2O3. The van der Waals surface area contributed by atoms with E-state index in [0.717, 1.165) is 5.56 Å². The standard InChI is InChI=1S/C16H23FN2O3/c1-18(2)10-15(21)19-7-8-22-16(11-19,12-20)9-13-3-5-14(17)6-4-13/h3-6,20H,7-12H2,1-2H3/t16-/m0/s1. The maximum Gasteiger partial charge on any atom is 0.236 e. The van der Waals surface area contributed by atoms with Gasteiger partial charge in [-0.15, -0.1) is 0 Å². The molecule has 1 fully saturated rings. The van der Waals surface area contributed by atoms with E-state index in [0.29, 0.717) is 32.7 Å². The molecule has 122 valence electrons. The van der Waals surface area contributed by atoms with Crippen LogP contribution in [0.25, 0.3) is 0 Å². The van der Waals surface area contributed by atoms with Crippen LogP contribution in [0.1, 0.15) is 5.56 Å². The van der Waals surface area contributed by atoms with Crippen LogP contribution in [0, 0.1) is 5.82 Å². The Labute approximate surface area is 130 Å². The Bertz CT molecular complexity index is 507. The van der Waals surface area contributed by atoms with E-state index in [9.17, 15) is 14.3 Å². The molecule has 0 aromatic heterocycles. The zero-order chi connectivity index (χ0) is 16.2. The summed E-state index contributed by atoms with van der Waals surface area (Å²) >= 11 is 0. The first kappa shape index (κ1) is 16.9. The molecule has 1 heterocycles. The summed E-state index contributed by atoms with van der Waals surface area (Å²) < 4.78 is 18.8. The van der Waals surface area contributed by atoms with Gasteiger partial charge in [0.1, 0.15) is 11.4 Å². The summed E-state index contributed by atoms with van der Waals surface area (Å²) in [6.07, 6.45) is 0.440. The fraction of sp³-hybridized carbons (Fsp3) is 0.562. The van der Waals surface area contributed by atoms with Crippen molar-refractivity contribution >= 4 is 5.91 Å². The fourth-order valence-corrected chi connectivity index (χ4v) is 2.66. The third-order valence-corrected chi connectivity index (χ3v) is 3.78. The van der Waals surface area contributed by atoms with E-state index in [1.54, 1.807) is 17.0 Å². The first-order chi connectivity index (χ1) is 10.4. The Morgan fingerprint density at radius 2 is 2.09 bits per heavy atom. The van der Waals surface area contributed by atoms with Crippen LogP contribution in [0.5, 0.6) is 0 Å². The molecule has 1 aliphatic rings. The first-order valence-corrected chi connectivity index (χ1v) is 7.36. The molecule has 2 rings (SSSR count). The van der Waals surface area contributed by atoms with E-state index < -0.39 is 5.60 Å². The predicted octanol–water partition coefficient (Wildman–Crippen LogP) is 0.520. The number of likely N-dealkylation sites (N-methyl/N-ethyl adjacent to an activating group) is 1. The Kier molecular flexibility index (Phi) is 5.50. The number of carbonyl (C=O) groups is 1. The Morgan fingerprint density at radius 1 is 1.41 bits per heavy atom. The molecule has 1 atom stereocenters. The molecule has 0 spiro atoms. The number of hydrogen-bond donors (Lipinski definition) is 1. The van der Waals surface area contributed by atoms with Crippen molar-refractivity contribution in [3.8, 4) is 0 Å². The van der Waals surface area contributed by atoms with Gasteiger partial charge in [-0.3, -0.25) is 4.79 Å². The smallest absolute Gasteiger partial charge is 0.236 e. The molecule has 0 unspecified atom stereocenters. The maximum absolute atomic E-state index is 13.0. The predicted molar refractivity (Wildman–Crippen MR) is 81.0 cm³/mol. The van der Waals surface area contributed by atoms with Gasteiger partial charge >= 0.3 is 0 Å². The van der Waals surface area contributed by atoms with Gasteiger partial charge in [0, 0.05) is 13.0 Å². The number of benzene rings is 1. The monoisotopic (exact) mass is 310 g/mol. The van der Waals surface area contributed by atoms with E-state index >= 15 is 0 Å². The minimum Gasteiger partial charge on any atom is -0.393 e. The van der Waals surface area contributed by atoms with E-state index in [1.165, 1.54) is 12.1 Å². The van der Waals surface area contributed by atoms with Crippen molar-refractivity contribution in [3.63, 3.8) is 0 Å². The second-order valence-electron chi connectivity index (χ2n) is 6.05. The van der Waals surface area contributed by atoms with Gasteiger partial charge in [0.25, 0.3) is 0 Å². The highest BCUT2D eigenvalue weighted by atomic mass is 19.1. The quantitative estimate of drug-likeness (QED) is 0.861. The molecule has 22 heavy (non-hydrogen) atoms. The number of carbonyl (C=O) groups excluding carboxylic acids is 1. The van der Waals surface area contributed by atoms with Crippen molar-refractivity contribution in [1.29, 1.82) is 0 Å². The normalized spacial score (nSPS) is 22.1. The first-order valence-electron chi connectivity index (χ1n) is 7.36. The second-order valence-corrected chi connectivity index (χ2v) is 6.05. The minimum absolute atomic E-state index is 0.0187. The van der Waals surface area contributed by atoms with Crippen LogP contribution >= 0.6 is 0 Å². The van der Waals surface area contributed by atoms with E-state index in [-0.39, 0.29) is 18.3 Å². The van der Waals surface area contributed by atoms with Crippen molar-refractivity contribution in [3.05, 3.63) is 35.6 Å². The number of amides is 1. The van der Waals surface area contributed by atoms with Gasteiger partial charge in [0.15, 0.2) is 0 Å². The number of nitrogens with zero attached hydrogens (tertiary/aromatic N) is 2. The van der Waals surface area contributed by atoms with Crippen LogP contribution in [0.4, 0.5) is 4.39 Å². The van der Waals surface area contributed by atoms with Crippen molar-refractivity contribution in [1.82, 2.24) is 9.80 Å². The van der Waals surface area contributed by atoms with Gasteiger partial charge in [0.2, 0.25) is 5.91 Å². The molecule has 5 nitrogen and oxygen atoms in total. The molecule has 1 aromatic rings. The largest absolute Gasteiger partial charge is 0.393 e. The van der Waals surface area contributed by atoms with Gasteiger partial charge in [-0.25, -0.2) is 4.39 Å². The summed E-state index contributed by atoms with van der Waals surface area (Å²) in [6.45, 7) is 1.40. The lowest BCUT2D eigenvalue weighted by Crippen LogP contribution is -2.57. The van der Waals surface area contributed by atoms with Crippen molar-refractivity contribution in [2.24, 2.45) is 0 Å². The molecule has 0 aliphatic carbocycles. The van der Waals surface area contributed by atoms with Gasteiger partial charge in [-0.05, 0) is 31.8 Å². The summed E-state index contributed by atoms with van der Waals surface area (Å²) in [5, 5.41) is 9.79. The number of ether oxygens (including phenoxy) is 1. The zero-order valence-corrected chi connectivity index (χ0v) is 13.1. The van der Waals surface area contributed by atoms with Gasteiger partial charge in [0.05, 0.1) is 26.3 Å². The fourth-order valence-electron chi connectivity index (χ4n) is 2.66. The molecule has 0 radical (unpaired) electrons. The molecule has 1 amide bonds. The van der Waals surface area contributed by atoms with Crippen LogP contribution in [0.2, 0.25) is 0 Å². The highest BCUT2D eigenvalue weighted by molar-refractivity contribution is 5.78. The summed E-state index contributed by atoms with van der Waals surface area (Å²) in [5.41, 5.74) is 0.0512. The molecular weight excluding hydrogens is 287 g/mol. The summed E-state index contributed by atoms with van der Waals surface area (Å²) in [7, 11) is 3.69. The van der Waals surface area contributed by atoms with E-state index in [2.05, 4.69) is 0 Å². The second kappa shape index (κ2) is 7.17. The number of morpholine rings is 1. The van der Waals surface area contributed by atoms with Crippen LogP contribution in [-0.4, -0.2) is 73.4 Å². The molecule has 1 saturated heterocycles. The average molecular weight is 310 g/mol. The third kappa shape index (κ3) is 4.25. The Morgan fingerprint density at radius 3 is 2.68 bits per heavy atom. The van der Waals surface area contributed by atoms with Gasteiger partial charge in [-0.1, -0.05) is 12.1 Å². The van der Waals surface area contributed by atoms with Crippen LogP contribution in [0.3, 0.4) is 0 Å². The van der Waals surface area contributed by atoms with E-state index in [4.69, 9.17) is 4.74 Å². The highest BCUT2D eigenvalue weighted by Crippen LogP contribution is 2.23. The summed E-state index contributed by atoms with van der Waals surface area (Å²) in [5.74, 6) is -0.278. The lowest BCUT2D eigenvalue weighted by atomic mass is 9.93. The van der Waals surface area contributed by atoms with Crippen molar-refractivity contribution < 1.29 is 19.0 Å². The lowest BCUT2D eigenvalue weighted by molar-refractivity contribution is -0.158. The number of hydrogen-bond acceptors (Lipinski definition) is 4. The maximum atomic E-state index is 13.0. The van der Waals surface area contributed by atoms with Gasteiger partial charge < -0.3 is 19.6 Å². The van der Waals surface area contributed by atoms with Crippen LogP contribution in [-0.2, 0) is 16.0 Å². The lowest BCUT2D eigenvalue weighted by Gasteiger charge is -2.42. The molecule has 6 heteroatoms. The molecule has 1 N–H and O–H groups in total. The average Bonchev–Trinajstić information content (AvgIpc) is 2.49. The van der Waals surface area contributed by atoms with E-state index in [1.807, 2.05) is 19.0 Å². The SMILES string of the molecule is CN(C)CC(=O)N1CCO[C@@](CO)(Cc2ccc(F)cc2)C1. The Hall–Kier alpha value is -1.50. The summed E-state index contributed by atoms with van der Waals surface area (Å²) in [6, 6.07) is 6.13. The van der Waals surface area contributed by atoms with Crippen LogP contribution < -0.4 is 0 Å². The summed E-state index contributed by atoms with van der Waals surface area (Å²) in [4.78, 5) is 15.8. The molecule has 0 saturated carbocycles. The van der Waals surface area contributed by atoms with Gasteiger partial charge in [-0.2, -0.15) is 0 Å². The zero-order valence-electron chi connectivity index (χ0n) is 13.1.